The van der Waals surface area contributed by atoms with Crippen LogP contribution in [0.1, 0.15) is 11.6 Å². The molecule has 0 aliphatic carbocycles. The highest BCUT2D eigenvalue weighted by molar-refractivity contribution is 7.87. The van der Waals surface area contributed by atoms with Crippen LogP contribution in [0.25, 0.3) is 0 Å². The number of hydrogen-bond donors (Lipinski definition) is 1. The minimum absolute atomic E-state index is 0.135. The van der Waals surface area contributed by atoms with Crippen LogP contribution >= 0.6 is 11.6 Å². The summed E-state index contributed by atoms with van der Waals surface area (Å²) in [5, 5.41) is 0.631. The normalized spacial score (nSPS) is 18.5. The van der Waals surface area contributed by atoms with Crippen LogP contribution in [0.15, 0.2) is 24.3 Å². The molecule has 0 radical (unpaired) electrons. The summed E-state index contributed by atoms with van der Waals surface area (Å²) in [6.45, 7) is 1.89. The van der Waals surface area contributed by atoms with Crippen molar-refractivity contribution >= 4 is 21.8 Å². The zero-order valence-electron chi connectivity index (χ0n) is 12.8. The van der Waals surface area contributed by atoms with Crippen molar-refractivity contribution in [3.8, 4) is 0 Å². The molecule has 1 aromatic carbocycles. The first-order chi connectivity index (χ1) is 10.4. The molecule has 0 aromatic heterocycles. The van der Waals surface area contributed by atoms with Crippen LogP contribution in [0.5, 0.6) is 0 Å². The van der Waals surface area contributed by atoms with E-state index >= 15 is 0 Å². The van der Waals surface area contributed by atoms with Gasteiger partial charge in [0, 0.05) is 30.7 Å². The van der Waals surface area contributed by atoms with Gasteiger partial charge in [-0.05, 0) is 25.7 Å². The van der Waals surface area contributed by atoms with Gasteiger partial charge in [-0.3, -0.25) is 0 Å². The van der Waals surface area contributed by atoms with Gasteiger partial charge in [0.05, 0.1) is 13.2 Å². The molecule has 6 nitrogen and oxygen atoms in total. The third-order valence-corrected chi connectivity index (χ3v) is 5.58. The monoisotopic (exact) mass is 347 g/mol. The number of morpholine rings is 1. The average molecular weight is 348 g/mol. The van der Waals surface area contributed by atoms with Crippen molar-refractivity contribution in [1.82, 2.24) is 13.9 Å². The van der Waals surface area contributed by atoms with Crippen molar-refractivity contribution in [2.24, 2.45) is 0 Å². The summed E-state index contributed by atoms with van der Waals surface area (Å²) in [7, 11) is 0.300. The molecule has 1 aromatic rings. The van der Waals surface area contributed by atoms with Gasteiger partial charge in [-0.2, -0.15) is 12.7 Å². The maximum atomic E-state index is 12.3. The van der Waals surface area contributed by atoms with Crippen LogP contribution in [0, 0.1) is 0 Å². The highest BCUT2D eigenvalue weighted by Gasteiger charge is 2.26. The molecule has 1 fully saturated rings. The van der Waals surface area contributed by atoms with Gasteiger partial charge in [-0.15, -0.1) is 0 Å². The Kier molecular flexibility index (Phi) is 6.19. The molecule has 1 atom stereocenters. The van der Waals surface area contributed by atoms with E-state index in [1.54, 1.807) is 0 Å². The Bertz CT molecular complexity index is 589. The van der Waals surface area contributed by atoms with E-state index in [1.807, 2.05) is 43.3 Å². The van der Waals surface area contributed by atoms with Gasteiger partial charge in [-0.25, -0.2) is 4.72 Å². The molecule has 0 spiro atoms. The number of ether oxygens (including phenoxy) is 1. The predicted molar refractivity (Wildman–Crippen MR) is 87.2 cm³/mol. The Balaban J connectivity index is 2.07. The molecule has 124 valence electrons. The van der Waals surface area contributed by atoms with E-state index in [0.717, 1.165) is 5.56 Å². The molecule has 0 saturated carbocycles. The second-order valence-corrected chi connectivity index (χ2v) is 7.53. The van der Waals surface area contributed by atoms with E-state index in [9.17, 15) is 8.42 Å². The standard InChI is InChI=1S/C14H22ClN3O3S/c1-17(2)14(12-5-3-4-6-13(12)15)11-16-22(19,20)18-7-9-21-10-8-18/h3-6,14,16H,7-11H2,1-2H3/t14-/m0/s1. The number of rotatable bonds is 6. The van der Waals surface area contributed by atoms with Gasteiger partial charge in [0.1, 0.15) is 0 Å². The first-order valence-corrected chi connectivity index (χ1v) is 8.97. The van der Waals surface area contributed by atoms with Gasteiger partial charge in [0.25, 0.3) is 10.2 Å². The van der Waals surface area contributed by atoms with E-state index < -0.39 is 10.2 Å². The van der Waals surface area contributed by atoms with E-state index in [4.69, 9.17) is 16.3 Å². The molecule has 1 aliphatic heterocycles. The summed E-state index contributed by atoms with van der Waals surface area (Å²) in [5.74, 6) is 0. The maximum Gasteiger partial charge on any atom is 0.279 e. The third-order valence-electron chi connectivity index (χ3n) is 3.66. The predicted octanol–water partition coefficient (Wildman–Crippen LogP) is 1.11. The van der Waals surface area contributed by atoms with Crippen molar-refractivity contribution in [2.75, 3.05) is 46.9 Å². The molecule has 1 N–H and O–H groups in total. The minimum Gasteiger partial charge on any atom is -0.379 e. The van der Waals surface area contributed by atoms with E-state index in [2.05, 4.69) is 4.72 Å². The van der Waals surface area contributed by atoms with Crippen molar-refractivity contribution in [3.63, 3.8) is 0 Å². The number of likely N-dealkylation sites (N-methyl/N-ethyl adjacent to an activating group) is 1. The lowest BCUT2D eigenvalue weighted by molar-refractivity contribution is 0.0724. The number of nitrogens with one attached hydrogen (secondary N) is 1. The first-order valence-electron chi connectivity index (χ1n) is 7.15. The summed E-state index contributed by atoms with van der Waals surface area (Å²) in [6, 6.07) is 7.34. The number of nitrogens with zero attached hydrogens (tertiary/aromatic N) is 2. The lowest BCUT2D eigenvalue weighted by atomic mass is 10.1. The maximum absolute atomic E-state index is 12.3. The van der Waals surface area contributed by atoms with Crippen molar-refractivity contribution < 1.29 is 13.2 Å². The van der Waals surface area contributed by atoms with E-state index in [-0.39, 0.29) is 12.6 Å². The molecule has 0 unspecified atom stereocenters. The molecule has 0 amide bonds. The number of halogens is 1. The lowest BCUT2D eigenvalue weighted by Crippen LogP contribution is -2.48. The van der Waals surface area contributed by atoms with Crippen LogP contribution in [0.4, 0.5) is 0 Å². The van der Waals surface area contributed by atoms with Crippen molar-refractivity contribution in [2.45, 2.75) is 6.04 Å². The molecule has 1 saturated heterocycles. The van der Waals surface area contributed by atoms with Gasteiger partial charge in [0.2, 0.25) is 0 Å². The lowest BCUT2D eigenvalue weighted by Gasteiger charge is -2.29. The van der Waals surface area contributed by atoms with Crippen LogP contribution in [-0.2, 0) is 14.9 Å². The van der Waals surface area contributed by atoms with Crippen LogP contribution < -0.4 is 4.72 Å². The first kappa shape index (κ1) is 17.7. The Morgan fingerprint density at radius 3 is 2.55 bits per heavy atom. The number of hydrogen-bond acceptors (Lipinski definition) is 4. The SMILES string of the molecule is CN(C)[C@@H](CNS(=O)(=O)N1CCOCC1)c1ccccc1Cl. The van der Waals surface area contributed by atoms with Crippen molar-refractivity contribution in [1.29, 1.82) is 0 Å². The topological polar surface area (TPSA) is 61.9 Å². The highest BCUT2D eigenvalue weighted by atomic mass is 35.5. The zero-order chi connectivity index (χ0) is 16.2. The fourth-order valence-electron chi connectivity index (χ4n) is 2.38. The smallest absolute Gasteiger partial charge is 0.279 e. The minimum atomic E-state index is -3.50. The van der Waals surface area contributed by atoms with Gasteiger partial charge < -0.3 is 9.64 Å². The Morgan fingerprint density at radius 1 is 1.32 bits per heavy atom. The molecule has 22 heavy (non-hydrogen) atoms. The Hall–Kier alpha value is -0.700. The summed E-state index contributed by atoms with van der Waals surface area (Å²) in [5.41, 5.74) is 0.902. The summed E-state index contributed by atoms with van der Waals surface area (Å²) in [6.07, 6.45) is 0. The fourth-order valence-corrected chi connectivity index (χ4v) is 3.82. The summed E-state index contributed by atoms with van der Waals surface area (Å²) < 4.78 is 33.9. The Labute approximate surface area is 137 Å². The molecular weight excluding hydrogens is 326 g/mol. The van der Waals surface area contributed by atoms with Crippen LogP contribution in [0.2, 0.25) is 5.02 Å². The van der Waals surface area contributed by atoms with Crippen LogP contribution in [-0.4, -0.2) is 64.6 Å². The zero-order valence-corrected chi connectivity index (χ0v) is 14.4. The second kappa shape index (κ2) is 7.72. The molecule has 2 rings (SSSR count). The second-order valence-electron chi connectivity index (χ2n) is 5.37. The van der Waals surface area contributed by atoms with E-state index in [1.165, 1.54) is 4.31 Å². The third kappa shape index (κ3) is 4.41. The molecular formula is C14H22ClN3O3S. The quantitative estimate of drug-likeness (QED) is 0.837. The van der Waals surface area contributed by atoms with Gasteiger partial charge in [-0.1, -0.05) is 29.8 Å². The molecule has 0 bridgehead atoms. The van der Waals surface area contributed by atoms with E-state index in [0.29, 0.717) is 31.3 Å². The van der Waals surface area contributed by atoms with Gasteiger partial charge >= 0.3 is 0 Å². The Morgan fingerprint density at radius 2 is 1.95 bits per heavy atom. The fraction of sp³-hybridized carbons (Fsp3) is 0.571. The molecule has 1 heterocycles. The average Bonchev–Trinajstić information content (AvgIpc) is 2.50. The van der Waals surface area contributed by atoms with Gasteiger partial charge in [0.15, 0.2) is 0 Å². The van der Waals surface area contributed by atoms with Crippen LogP contribution in [0.3, 0.4) is 0 Å². The number of benzene rings is 1. The summed E-state index contributed by atoms with van der Waals surface area (Å²) in [4.78, 5) is 1.95. The highest BCUT2D eigenvalue weighted by Crippen LogP contribution is 2.25. The summed E-state index contributed by atoms with van der Waals surface area (Å²) >= 11 is 6.23. The molecule has 1 aliphatic rings. The van der Waals surface area contributed by atoms with Crippen molar-refractivity contribution in [3.05, 3.63) is 34.9 Å². The molecule has 8 heteroatoms. The largest absolute Gasteiger partial charge is 0.379 e.